The Kier molecular flexibility index (Phi) is 6.59. The van der Waals surface area contributed by atoms with Crippen molar-refractivity contribution in [2.75, 3.05) is 13.2 Å². The van der Waals surface area contributed by atoms with Crippen LogP contribution in [-0.4, -0.2) is 46.0 Å². The van der Waals surface area contributed by atoms with Crippen molar-refractivity contribution in [3.05, 3.63) is 77.1 Å². The lowest BCUT2D eigenvalue weighted by Crippen LogP contribution is -2.29. The number of alkyl carbamates (subject to hydrolysis) is 1. The van der Waals surface area contributed by atoms with E-state index in [0.29, 0.717) is 5.56 Å². The van der Waals surface area contributed by atoms with Crippen molar-refractivity contribution >= 4 is 18.0 Å². The summed E-state index contributed by atoms with van der Waals surface area (Å²) in [5.74, 6) is 2.44. The second-order valence-electron chi connectivity index (χ2n) is 7.61. The summed E-state index contributed by atoms with van der Waals surface area (Å²) in [5.41, 5.74) is 5.25. The van der Waals surface area contributed by atoms with E-state index in [-0.39, 0.29) is 31.3 Å². The molecule has 0 unspecified atom stereocenters. The molecule has 2 amide bonds. The number of hydrogen-bond donors (Lipinski definition) is 3. The maximum absolute atomic E-state index is 12.4. The van der Waals surface area contributed by atoms with Crippen LogP contribution in [0.15, 0.2) is 54.7 Å². The van der Waals surface area contributed by atoms with Crippen molar-refractivity contribution in [1.29, 1.82) is 0 Å². The van der Waals surface area contributed by atoms with Crippen LogP contribution in [0, 0.1) is 11.8 Å². The molecule has 3 aromatic rings. The Morgan fingerprint density at radius 2 is 1.71 bits per heavy atom. The number of carboxylic acids is 1. The van der Waals surface area contributed by atoms with E-state index < -0.39 is 18.0 Å². The fourth-order valence-corrected chi connectivity index (χ4v) is 4.05. The topological polar surface area (TPSA) is 123 Å². The summed E-state index contributed by atoms with van der Waals surface area (Å²) >= 11 is 0. The first kappa shape index (κ1) is 22.6. The van der Waals surface area contributed by atoms with E-state index in [1.807, 2.05) is 42.3 Å². The number of nitrogens with zero attached hydrogens (tertiary/aromatic N) is 2. The smallest absolute Gasteiger partial charge is 0.407 e. The molecule has 0 aliphatic heterocycles. The highest BCUT2D eigenvalue weighted by atomic mass is 16.5. The number of aromatic nitrogens is 2. The zero-order chi connectivity index (χ0) is 24.1. The minimum absolute atomic E-state index is 0.0358. The van der Waals surface area contributed by atoms with Crippen molar-refractivity contribution in [1.82, 2.24) is 20.4 Å². The van der Waals surface area contributed by atoms with Crippen molar-refractivity contribution in [3.63, 3.8) is 0 Å². The standard InChI is InChI=1S/C25H22N4O5/c1-29-23(24(32)26-12-6-11-22(30)31)16(14-28-29)13-27-25(33)34-15-21-19-9-4-2-7-17(19)18-8-3-5-10-20(18)21/h2-5,7-10,14,21H,12-13,15H2,1H3,(H,26,32)(H,27,33)(H,30,31). The van der Waals surface area contributed by atoms with Gasteiger partial charge in [0.2, 0.25) is 0 Å². The van der Waals surface area contributed by atoms with E-state index in [1.165, 1.54) is 10.9 Å². The normalized spacial score (nSPS) is 11.6. The molecule has 1 aliphatic carbocycles. The van der Waals surface area contributed by atoms with Crippen molar-refractivity contribution in [2.45, 2.75) is 12.5 Å². The summed E-state index contributed by atoms with van der Waals surface area (Å²) in [5, 5.41) is 17.8. The molecule has 172 valence electrons. The average Bonchev–Trinajstić information content (AvgIpc) is 3.36. The van der Waals surface area contributed by atoms with Crippen LogP contribution in [0.5, 0.6) is 0 Å². The summed E-state index contributed by atoms with van der Waals surface area (Å²) < 4.78 is 6.89. The molecular weight excluding hydrogens is 436 g/mol. The third kappa shape index (κ3) is 4.76. The molecule has 0 saturated heterocycles. The Bertz CT molecular complexity index is 1270. The van der Waals surface area contributed by atoms with Crippen LogP contribution in [0.3, 0.4) is 0 Å². The molecule has 0 spiro atoms. The van der Waals surface area contributed by atoms with Gasteiger partial charge in [-0.3, -0.25) is 9.48 Å². The molecule has 34 heavy (non-hydrogen) atoms. The molecule has 3 N–H and O–H groups in total. The number of rotatable bonds is 6. The molecule has 2 aromatic carbocycles. The molecule has 0 atom stereocenters. The lowest BCUT2D eigenvalue weighted by molar-refractivity contribution is -0.130. The highest BCUT2D eigenvalue weighted by molar-refractivity contribution is 5.94. The lowest BCUT2D eigenvalue weighted by atomic mass is 9.98. The van der Waals surface area contributed by atoms with Crippen LogP contribution in [0.1, 0.15) is 33.1 Å². The molecule has 1 aromatic heterocycles. The average molecular weight is 458 g/mol. The molecule has 0 saturated carbocycles. The van der Waals surface area contributed by atoms with E-state index >= 15 is 0 Å². The Morgan fingerprint density at radius 1 is 1.06 bits per heavy atom. The number of aliphatic carboxylic acids is 1. The van der Waals surface area contributed by atoms with Gasteiger partial charge in [-0.05, 0) is 22.3 Å². The van der Waals surface area contributed by atoms with Gasteiger partial charge >= 0.3 is 12.1 Å². The SMILES string of the molecule is Cn1ncc(CNC(=O)OCC2c3ccccc3-c3ccccc32)c1C(=O)NCC#CC(=O)O. The Hall–Kier alpha value is -4.58. The molecule has 4 rings (SSSR count). The fourth-order valence-electron chi connectivity index (χ4n) is 4.05. The van der Waals surface area contributed by atoms with E-state index in [4.69, 9.17) is 9.84 Å². The molecule has 9 heteroatoms. The van der Waals surface area contributed by atoms with E-state index in [1.54, 1.807) is 7.05 Å². The van der Waals surface area contributed by atoms with E-state index in [9.17, 15) is 14.4 Å². The Balaban J connectivity index is 1.36. The molecular formula is C25H22N4O5. The largest absolute Gasteiger partial charge is 0.472 e. The first-order valence-corrected chi connectivity index (χ1v) is 10.6. The number of carbonyl (C=O) groups excluding carboxylic acids is 2. The number of nitrogens with one attached hydrogen (secondary N) is 2. The molecule has 0 fully saturated rings. The maximum Gasteiger partial charge on any atom is 0.407 e. The second kappa shape index (κ2) is 9.92. The number of fused-ring (bicyclic) bond motifs is 3. The van der Waals surface area contributed by atoms with Crippen LogP contribution in [-0.2, 0) is 23.1 Å². The van der Waals surface area contributed by atoms with Crippen LogP contribution in [0.4, 0.5) is 4.79 Å². The fraction of sp³-hybridized carbons (Fsp3) is 0.200. The lowest BCUT2D eigenvalue weighted by Gasteiger charge is -2.14. The van der Waals surface area contributed by atoms with Gasteiger partial charge in [0.05, 0.1) is 19.3 Å². The minimum Gasteiger partial charge on any atom is -0.472 e. The van der Waals surface area contributed by atoms with Gasteiger partial charge < -0.3 is 20.5 Å². The first-order chi connectivity index (χ1) is 16.5. The first-order valence-electron chi connectivity index (χ1n) is 10.6. The van der Waals surface area contributed by atoms with Crippen molar-refractivity contribution in [2.24, 2.45) is 7.05 Å². The molecule has 9 nitrogen and oxygen atoms in total. The quantitative estimate of drug-likeness (QED) is 0.487. The van der Waals surface area contributed by atoms with E-state index in [0.717, 1.165) is 22.3 Å². The summed E-state index contributed by atoms with van der Waals surface area (Å²) in [6, 6.07) is 16.1. The second-order valence-corrected chi connectivity index (χ2v) is 7.61. The molecule has 0 bridgehead atoms. The highest BCUT2D eigenvalue weighted by Gasteiger charge is 2.29. The zero-order valence-electron chi connectivity index (χ0n) is 18.4. The van der Waals surface area contributed by atoms with Crippen LogP contribution >= 0.6 is 0 Å². The minimum atomic E-state index is -1.28. The van der Waals surface area contributed by atoms with Crippen LogP contribution in [0.2, 0.25) is 0 Å². The summed E-state index contributed by atoms with van der Waals surface area (Å²) in [6.45, 7) is 0.0894. The number of aryl methyl sites for hydroxylation is 1. The van der Waals surface area contributed by atoms with Gasteiger partial charge in [0.15, 0.2) is 0 Å². The summed E-state index contributed by atoms with van der Waals surface area (Å²) in [4.78, 5) is 35.3. The third-order valence-corrected chi connectivity index (χ3v) is 5.53. The number of benzene rings is 2. The van der Waals surface area contributed by atoms with Gasteiger partial charge in [-0.1, -0.05) is 54.5 Å². The number of ether oxygens (including phenoxy) is 1. The molecule has 0 radical (unpaired) electrons. The Morgan fingerprint density at radius 3 is 2.35 bits per heavy atom. The van der Waals surface area contributed by atoms with Gasteiger partial charge in [-0.2, -0.15) is 5.10 Å². The maximum atomic E-state index is 12.4. The van der Waals surface area contributed by atoms with Crippen molar-refractivity contribution < 1.29 is 24.2 Å². The number of hydrogen-bond acceptors (Lipinski definition) is 5. The van der Waals surface area contributed by atoms with Crippen LogP contribution < -0.4 is 10.6 Å². The van der Waals surface area contributed by atoms with Crippen LogP contribution in [0.25, 0.3) is 11.1 Å². The molecule has 1 aliphatic rings. The number of carbonyl (C=O) groups is 3. The number of carboxylic acid groups (broad SMARTS) is 1. The monoisotopic (exact) mass is 458 g/mol. The predicted octanol–water partition coefficient (Wildman–Crippen LogP) is 2.28. The number of amides is 2. The Labute approximate surface area is 195 Å². The summed E-state index contributed by atoms with van der Waals surface area (Å²) in [6.07, 6.45) is 0.867. The highest BCUT2D eigenvalue weighted by Crippen LogP contribution is 2.44. The third-order valence-electron chi connectivity index (χ3n) is 5.53. The predicted molar refractivity (Wildman–Crippen MR) is 123 cm³/mol. The van der Waals surface area contributed by atoms with Gasteiger partial charge in [0.25, 0.3) is 5.91 Å². The van der Waals surface area contributed by atoms with E-state index in [2.05, 4.69) is 33.8 Å². The van der Waals surface area contributed by atoms with Gasteiger partial charge in [-0.25, -0.2) is 9.59 Å². The van der Waals surface area contributed by atoms with Crippen molar-refractivity contribution in [3.8, 4) is 23.0 Å². The molecule has 1 heterocycles. The van der Waals surface area contributed by atoms with Gasteiger partial charge in [-0.15, -0.1) is 0 Å². The van der Waals surface area contributed by atoms with Gasteiger partial charge in [0, 0.05) is 24.4 Å². The summed E-state index contributed by atoms with van der Waals surface area (Å²) in [7, 11) is 1.59. The van der Waals surface area contributed by atoms with Gasteiger partial charge in [0.1, 0.15) is 12.3 Å². The zero-order valence-corrected chi connectivity index (χ0v) is 18.4.